The van der Waals surface area contributed by atoms with Crippen LogP contribution in [0.15, 0.2) is 42.5 Å². The number of carbonyl (C=O) groups is 1. The van der Waals surface area contributed by atoms with E-state index in [1.54, 1.807) is 32.4 Å². The molecule has 0 aliphatic rings. The van der Waals surface area contributed by atoms with Crippen LogP contribution in [0.2, 0.25) is 0 Å². The van der Waals surface area contributed by atoms with Crippen LogP contribution in [0.5, 0.6) is 23.0 Å². The number of hydrogen-bond acceptors (Lipinski definition) is 6. The maximum Gasteiger partial charge on any atom is 0.312 e. The van der Waals surface area contributed by atoms with E-state index in [4.69, 9.17) is 14.2 Å². The Hall–Kier alpha value is -2.73. The van der Waals surface area contributed by atoms with Crippen molar-refractivity contribution in [2.75, 3.05) is 27.3 Å². The lowest BCUT2D eigenvalue weighted by Crippen LogP contribution is -2.22. The third-order valence-corrected chi connectivity index (χ3v) is 3.63. The summed E-state index contributed by atoms with van der Waals surface area (Å²) in [4.78, 5) is 11.7. The third-order valence-electron chi connectivity index (χ3n) is 3.63. The Bertz CT molecular complexity index is 702. The highest BCUT2D eigenvalue weighted by Gasteiger charge is 2.08. The molecule has 0 atom stereocenters. The number of phenolic OH excluding ortho intramolecular Hbond substituents is 1. The molecule has 0 aliphatic heterocycles. The fourth-order valence-electron chi connectivity index (χ4n) is 2.30. The lowest BCUT2D eigenvalue weighted by molar-refractivity contribution is -0.134. The van der Waals surface area contributed by atoms with Crippen molar-refractivity contribution in [1.29, 1.82) is 0 Å². The molecule has 0 aliphatic carbocycles. The molecule has 134 valence electrons. The predicted octanol–water partition coefficient (Wildman–Crippen LogP) is 2.54. The average molecular weight is 345 g/mol. The van der Waals surface area contributed by atoms with Crippen LogP contribution in [0, 0.1) is 0 Å². The molecule has 0 saturated heterocycles. The molecule has 0 radical (unpaired) electrons. The van der Waals surface area contributed by atoms with Crippen molar-refractivity contribution < 1.29 is 24.1 Å². The predicted molar refractivity (Wildman–Crippen MR) is 94.5 cm³/mol. The molecule has 0 amide bonds. The molecule has 2 aromatic carbocycles. The molecule has 0 spiro atoms. The van der Waals surface area contributed by atoms with E-state index in [9.17, 15) is 9.90 Å². The minimum atomic E-state index is -0.389. The Labute approximate surface area is 147 Å². The smallest absolute Gasteiger partial charge is 0.312 e. The van der Waals surface area contributed by atoms with Gasteiger partial charge in [-0.15, -0.1) is 0 Å². The Balaban J connectivity index is 1.69. The summed E-state index contributed by atoms with van der Waals surface area (Å²) in [6.45, 7) is 1.22. The van der Waals surface area contributed by atoms with E-state index in [1.807, 2.05) is 18.2 Å². The average Bonchev–Trinajstić information content (AvgIpc) is 2.63. The molecule has 0 bridgehead atoms. The second-order valence-corrected chi connectivity index (χ2v) is 5.38. The summed E-state index contributed by atoms with van der Waals surface area (Å²) in [6.07, 6.45) is 1.02. The molecular formula is C19H23NO5. The van der Waals surface area contributed by atoms with Crippen molar-refractivity contribution in [2.24, 2.45) is 0 Å². The van der Waals surface area contributed by atoms with E-state index in [-0.39, 0.29) is 23.9 Å². The summed E-state index contributed by atoms with van der Waals surface area (Å²) in [5, 5.41) is 12.8. The summed E-state index contributed by atoms with van der Waals surface area (Å²) < 4.78 is 15.6. The molecule has 25 heavy (non-hydrogen) atoms. The molecule has 0 saturated carbocycles. The monoisotopic (exact) mass is 345 g/mol. The van der Waals surface area contributed by atoms with Crippen LogP contribution in [0.1, 0.15) is 12.0 Å². The third kappa shape index (κ3) is 5.69. The number of ether oxygens (including phenoxy) is 3. The van der Waals surface area contributed by atoms with E-state index in [2.05, 4.69) is 5.32 Å². The number of rotatable bonds is 9. The number of para-hydroxylation sites is 2. The van der Waals surface area contributed by atoms with Crippen LogP contribution in [0.25, 0.3) is 0 Å². The number of methoxy groups -OCH3 is 2. The zero-order chi connectivity index (χ0) is 18.1. The molecule has 6 heteroatoms. The quantitative estimate of drug-likeness (QED) is 0.413. The van der Waals surface area contributed by atoms with E-state index in [0.717, 1.165) is 18.5 Å². The fourth-order valence-corrected chi connectivity index (χ4v) is 2.30. The second-order valence-electron chi connectivity index (χ2n) is 5.38. The lowest BCUT2D eigenvalue weighted by Gasteiger charge is -2.10. The van der Waals surface area contributed by atoms with Crippen LogP contribution >= 0.6 is 0 Å². The Morgan fingerprint density at radius 1 is 1.00 bits per heavy atom. The van der Waals surface area contributed by atoms with Gasteiger partial charge < -0.3 is 24.6 Å². The minimum absolute atomic E-state index is 0.0442. The number of carbonyl (C=O) groups excluding carboxylic acids is 1. The molecule has 0 heterocycles. The van der Waals surface area contributed by atoms with Gasteiger partial charge in [-0.2, -0.15) is 0 Å². The van der Waals surface area contributed by atoms with Gasteiger partial charge in [-0.05, 0) is 42.8 Å². The highest BCUT2D eigenvalue weighted by molar-refractivity contribution is 5.73. The Morgan fingerprint density at radius 2 is 1.76 bits per heavy atom. The zero-order valence-electron chi connectivity index (χ0n) is 14.5. The highest BCUT2D eigenvalue weighted by Crippen LogP contribution is 2.27. The van der Waals surface area contributed by atoms with Crippen molar-refractivity contribution in [3.63, 3.8) is 0 Å². The number of nitrogens with one attached hydrogen (secondary N) is 1. The minimum Gasteiger partial charge on any atom is -0.504 e. The van der Waals surface area contributed by atoms with E-state index < -0.39 is 0 Å². The topological polar surface area (TPSA) is 77.0 Å². The summed E-state index contributed by atoms with van der Waals surface area (Å²) in [5.41, 5.74) is 1.11. The summed E-state index contributed by atoms with van der Waals surface area (Å²) in [7, 11) is 3.21. The maximum absolute atomic E-state index is 11.7. The summed E-state index contributed by atoms with van der Waals surface area (Å²) in [6, 6.07) is 12.2. The van der Waals surface area contributed by atoms with Gasteiger partial charge in [-0.25, -0.2) is 0 Å². The van der Waals surface area contributed by atoms with Crippen LogP contribution in [-0.2, 0) is 11.2 Å². The number of aromatic hydroxyl groups is 1. The molecule has 2 rings (SSSR count). The Morgan fingerprint density at radius 3 is 2.48 bits per heavy atom. The van der Waals surface area contributed by atoms with Gasteiger partial charge in [-0.3, -0.25) is 4.79 Å². The van der Waals surface area contributed by atoms with Crippen molar-refractivity contribution in [3.8, 4) is 23.0 Å². The summed E-state index contributed by atoms with van der Waals surface area (Å²) in [5.74, 6) is 1.15. The van der Waals surface area contributed by atoms with E-state index in [0.29, 0.717) is 18.0 Å². The van der Waals surface area contributed by atoms with Gasteiger partial charge in [0.1, 0.15) is 0 Å². The van der Waals surface area contributed by atoms with E-state index in [1.165, 1.54) is 6.07 Å². The van der Waals surface area contributed by atoms with Gasteiger partial charge in [0.05, 0.1) is 20.6 Å². The number of benzene rings is 2. The highest BCUT2D eigenvalue weighted by atomic mass is 16.5. The molecule has 0 unspecified atom stereocenters. The van der Waals surface area contributed by atoms with E-state index >= 15 is 0 Å². The number of phenols is 1. The Kier molecular flexibility index (Phi) is 7.10. The van der Waals surface area contributed by atoms with Crippen LogP contribution in [-0.4, -0.2) is 38.4 Å². The van der Waals surface area contributed by atoms with Gasteiger partial charge >= 0.3 is 5.97 Å². The maximum atomic E-state index is 11.7. The molecule has 0 fully saturated rings. The van der Waals surface area contributed by atoms with Gasteiger partial charge in [0.25, 0.3) is 0 Å². The molecule has 2 N–H and O–H groups in total. The van der Waals surface area contributed by atoms with Crippen molar-refractivity contribution >= 4 is 5.97 Å². The molecule has 0 aromatic heterocycles. The van der Waals surface area contributed by atoms with Gasteiger partial charge in [0, 0.05) is 6.54 Å². The molecule has 2 aromatic rings. The van der Waals surface area contributed by atoms with Crippen LogP contribution < -0.4 is 19.5 Å². The first-order valence-electron chi connectivity index (χ1n) is 8.04. The first-order valence-corrected chi connectivity index (χ1v) is 8.04. The van der Waals surface area contributed by atoms with Gasteiger partial charge in [0.15, 0.2) is 23.0 Å². The largest absolute Gasteiger partial charge is 0.504 e. The normalized spacial score (nSPS) is 10.3. The fraction of sp³-hybridized carbons (Fsp3) is 0.316. The standard InChI is InChI=1S/C19H23NO5/c1-23-17-8-7-14(13-18(17)24-2)9-11-20-12-10-19(22)25-16-6-4-3-5-15(16)21/h3-8,13,20-21H,9-12H2,1-2H3. The lowest BCUT2D eigenvalue weighted by atomic mass is 10.1. The first-order chi connectivity index (χ1) is 12.1. The van der Waals surface area contributed by atoms with Crippen molar-refractivity contribution in [3.05, 3.63) is 48.0 Å². The molecule has 6 nitrogen and oxygen atoms in total. The zero-order valence-corrected chi connectivity index (χ0v) is 14.5. The van der Waals surface area contributed by atoms with Gasteiger partial charge in [-0.1, -0.05) is 18.2 Å². The molecular weight excluding hydrogens is 322 g/mol. The van der Waals surface area contributed by atoms with Gasteiger partial charge in [0.2, 0.25) is 0 Å². The van der Waals surface area contributed by atoms with Crippen molar-refractivity contribution in [1.82, 2.24) is 5.32 Å². The first kappa shape index (κ1) is 18.6. The van der Waals surface area contributed by atoms with Crippen LogP contribution in [0.3, 0.4) is 0 Å². The van der Waals surface area contributed by atoms with Crippen LogP contribution in [0.4, 0.5) is 0 Å². The summed E-state index contributed by atoms with van der Waals surface area (Å²) >= 11 is 0. The number of hydrogen-bond donors (Lipinski definition) is 2. The number of esters is 1. The SMILES string of the molecule is COc1ccc(CCNCCC(=O)Oc2ccccc2O)cc1OC. The second kappa shape index (κ2) is 9.54. The van der Waals surface area contributed by atoms with Crippen molar-refractivity contribution in [2.45, 2.75) is 12.8 Å².